The molecule has 1 aliphatic heterocycles. The van der Waals surface area contributed by atoms with E-state index in [2.05, 4.69) is 36.7 Å². The van der Waals surface area contributed by atoms with Crippen molar-refractivity contribution in [1.82, 2.24) is 25.5 Å². The van der Waals surface area contributed by atoms with E-state index in [0.717, 1.165) is 23.5 Å². The van der Waals surface area contributed by atoms with E-state index in [0.29, 0.717) is 11.3 Å². The highest BCUT2D eigenvalue weighted by Gasteiger charge is 2.24. The second-order valence-electron chi connectivity index (χ2n) is 5.70. The molecule has 0 saturated heterocycles. The van der Waals surface area contributed by atoms with Gasteiger partial charge < -0.3 is 9.88 Å². The Morgan fingerprint density at radius 2 is 2.13 bits per heavy atom. The zero-order valence-corrected chi connectivity index (χ0v) is 13.3. The van der Waals surface area contributed by atoms with Crippen LogP contribution in [0, 0.1) is 6.92 Å². The number of aromatic amines is 1. The van der Waals surface area contributed by atoms with Gasteiger partial charge in [0.15, 0.2) is 0 Å². The Balaban J connectivity index is 1.94. The second-order valence-corrected chi connectivity index (χ2v) is 5.70. The molecule has 1 amide bonds. The topological polar surface area (TPSA) is 86.3 Å². The molecule has 23 heavy (non-hydrogen) atoms. The lowest BCUT2D eigenvalue weighted by atomic mass is 10.0. The third kappa shape index (κ3) is 3.19. The minimum Gasteiger partial charge on any atom is -0.359 e. The maximum Gasteiger partial charge on any atom is 0.273 e. The van der Waals surface area contributed by atoms with Crippen LogP contribution in [0.3, 0.4) is 0 Å². The van der Waals surface area contributed by atoms with Gasteiger partial charge in [0.2, 0.25) is 0 Å². The first-order valence-electron chi connectivity index (χ1n) is 7.25. The molecule has 2 aromatic rings. The summed E-state index contributed by atoms with van der Waals surface area (Å²) in [7, 11) is 4.05. The molecule has 0 spiro atoms. The molecule has 0 unspecified atom stereocenters. The summed E-state index contributed by atoms with van der Waals surface area (Å²) >= 11 is 0. The molecule has 2 N–H and O–H groups in total. The SMILES string of the molecule is Cc1[nH]c(C=C2C(=O)NN=C2c2ccnnc2)cc1CN(C)C. The van der Waals surface area contributed by atoms with E-state index in [1.54, 1.807) is 18.5 Å². The van der Waals surface area contributed by atoms with E-state index < -0.39 is 0 Å². The number of hydrazone groups is 1. The first-order chi connectivity index (χ1) is 11.0. The van der Waals surface area contributed by atoms with Crippen LogP contribution < -0.4 is 5.43 Å². The number of carbonyl (C=O) groups is 1. The molecule has 0 fully saturated rings. The van der Waals surface area contributed by atoms with Crippen molar-refractivity contribution < 1.29 is 4.79 Å². The van der Waals surface area contributed by atoms with Crippen LogP contribution in [-0.2, 0) is 11.3 Å². The Morgan fingerprint density at radius 3 is 2.83 bits per heavy atom. The zero-order valence-electron chi connectivity index (χ0n) is 13.3. The fourth-order valence-electron chi connectivity index (χ4n) is 2.49. The van der Waals surface area contributed by atoms with Gasteiger partial charge in [0.25, 0.3) is 5.91 Å². The highest BCUT2D eigenvalue weighted by molar-refractivity contribution is 6.33. The maximum atomic E-state index is 12.1. The summed E-state index contributed by atoms with van der Waals surface area (Å²) in [5.74, 6) is -0.224. The molecule has 0 saturated carbocycles. The minimum absolute atomic E-state index is 0.224. The Hall–Kier alpha value is -2.80. The van der Waals surface area contributed by atoms with Crippen molar-refractivity contribution in [2.24, 2.45) is 5.10 Å². The number of amides is 1. The summed E-state index contributed by atoms with van der Waals surface area (Å²) in [6.45, 7) is 2.87. The Labute approximate surface area is 134 Å². The fraction of sp³-hybridized carbons (Fsp3) is 0.250. The van der Waals surface area contributed by atoms with Crippen molar-refractivity contribution in [1.29, 1.82) is 0 Å². The van der Waals surface area contributed by atoms with Gasteiger partial charge >= 0.3 is 0 Å². The number of hydrogen-bond donors (Lipinski definition) is 2. The number of nitrogens with zero attached hydrogens (tertiary/aromatic N) is 4. The highest BCUT2D eigenvalue weighted by Crippen LogP contribution is 2.19. The van der Waals surface area contributed by atoms with Gasteiger partial charge in [0.1, 0.15) is 5.71 Å². The second kappa shape index (κ2) is 6.13. The molecule has 0 atom stereocenters. The lowest BCUT2D eigenvalue weighted by Crippen LogP contribution is -2.13. The first kappa shape index (κ1) is 15.1. The average Bonchev–Trinajstić information content (AvgIpc) is 3.04. The van der Waals surface area contributed by atoms with Gasteiger partial charge in [-0.2, -0.15) is 15.3 Å². The van der Waals surface area contributed by atoms with Gasteiger partial charge in [-0.15, -0.1) is 0 Å². The molecule has 7 nitrogen and oxygen atoms in total. The Kier molecular flexibility index (Phi) is 4.03. The number of nitrogens with one attached hydrogen (secondary N) is 2. The Morgan fingerprint density at radius 1 is 1.30 bits per heavy atom. The average molecular weight is 310 g/mol. The predicted molar refractivity (Wildman–Crippen MR) is 87.6 cm³/mol. The molecule has 0 radical (unpaired) electrons. The summed E-state index contributed by atoms with van der Waals surface area (Å²) in [4.78, 5) is 17.5. The van der Waals surface area contributed by atoms with Crippen molar-refractivity contribution in [3.05, 3.63) is 52.6 Å². The molecule has 3 heterocycles. The smallest absolute Gasteiger partial charge is 0.273 e. The summed E-state index contributed by atoms with van der Waals surface area (Å²) in [5.41, 5.74) is 7.50. The number of rotatable bonds is 4. The number of H-pyrrole nitrogens is 1. The summed E-state index contributed by atoms with van der Waals surface area (Å²) in [6, 6.07) is 3.83. The lowest BCUT2D eigenvalue weighted by Gasteiger charge is -2.07. The van der Waals surface area contributed by atoms with Gasteiger partial charge in [-0.3, -0.25) is 4.79 Å². The van der Waals surface area contributed by atoms with Crippen molar-refractivity contribution in [2.45, 2.75) is 13.5 Å². The third-order valence-electron chi connectivity index (χ3n) is 3.56. The van der Waals surface area contributed by atoms with Crippen LogP contribution in [0.2, 0.25) is 0 Å². The van der Waals surface area contributed by atoms with E-state index in [1.807, 2.05) is 27.1 Å². The standard InChI is InChI=1S/C16H18N6O/c1-10-12(9-22(2)3)6-13(19-10)7-14-15(20-21-16(14)23)11-4-5-17-18-8-11/h4-8,19H,9H2,1-3H3,(H,21,23). The molecular weight excluding hydrogens is 292 g/mol. The van der Waals surface area contributed by atoms with Crippen LogP contribution >= 0.6 is 0 Å². The largest absolute Gasteiger partial charge is 0.359 e. The normalized spacial score (nSPS) is 16.1. The van der Waals surface area contributed by atoms with Crippen LogP contribution in [0.1, 0.15) is 22.5 Å². The molecule has 0 aromatic carbocycles. The minimum atomic E-state index is -0.224. The van der Waals surface area contributed by atoms with Crippen LogP contribution in [0.25, 0.3) is 6.08 Å². The maximum absolute atomic E-state index is 12.1. The zero-order chi connectivity index (χ0) is 16.4. The van der Waals surface area contributed by atoms with Crippen molar-refractivity contribution >= 4 is 17.7 Å². The monoisotopic (exact) mass is 310 g/mol. The van der Waals surface area contributed by atoms with Gasteiger partial charge in [0, 0.05) is 23.5 Å². The van der Waals surface area contributed by atoms with Crippen LogP contribution in [-0.4, -0.2) is 45.8 Å². The van der Waals surface area contributed by atoms with Crippen molar-refractivity contribution in [2.75, 3.05) is 14.1 Å². The van der Waals surface area contributed by atoms with Crippen LogP contribution in [0.15, 0.2) is 35.2 Å². The first-order valence-corrected chi connectivity index (χ1v) is 7.25. The molecular formula is C16H18N6O. The molecule has 118 valence electrons. The number of aryl methyl sites for hydroxylation is 1. The molecule has 1 aliphatic rings. The molecule has 7 heteroatoms. The van der Waals surface area contributed by atoms with Crippen LogP contribution in [0.4, 0.5) is 0 Å². The fourth-order valence-corrected chi connectivity index (χ4v) is 2.49. The third-order valence-corrected chi connectivity index (χ3v) is 3.56. The molecule has 2 aromatic heterocycles. The van der Waals surface area contributed by atoms with E-state index in [9.17, 15) is 4.79 Å². The number of aromatic nitrogens is 3. The molecule has 0 aliphatic carbocycles. The molecule has 0 bridgehead atoms. The van der Waals surface area contributed by atoms with Gasteiger partial charge in [-0.05, 0) is 44.8 Å². The quantitative estimate of drug-likeness (QED) is 0.828. The van der Waals surface area contributed by atoms with E-state index >= 15 is 0 Å². The van der Waals surface area contributed by atoms with E-state index in [-0.39, 0.29) is 5.91 Å². The summed E-state index contributed by atoms with van der Waals surface area (Å²) < 4.78 is 0. The van der Waals surface area contributed by atoms with Crippen LogP contribution in [0.5, 0.6) is 0 Å². The number of hydrogen-bond acceptors (Lipinski definition) is 5. The summed E-state index contributed by atoms with van der Waals surface area (Å²) in [5, 5.41) is 11.7. The van der Waals surface area contributed by atoms with Gasteiger partial charge in [-0.25, -0.2) is 5.43 Å². The van der Waals surface area contributed by atoms with Crippen molar-refractivity contribution in [3.8, 4) is 0 Å². The molecule has 3 rings (SSSR count). The van der Waals surface area contributed by atoms with Gasteiger partial charge in [-0.1, -0.05) is 0 Å². The summed E-state index contributed by atoms with van der Waals surface area (Å²) in [6.07, 6.45) is 4.98. The van der Waals surface area contributed by atoms with E-state index in [4.69, 9.17) is 0 Å². The Bertz CT molecular complexity index is 788. The van der Waals surface area contributed by atoms with E-state index in [1.165, 1.54) is 5.56 Å². The highest BCUT2D eigenvalue weighted by atomic mass is 16.2. The van der Waals surface area contributed by atoms with Crippen molar-refractivity contribution in [3.63, 3.8) is 0 Å². The van der Waals surface area contributed by atoms with Gasteiger partial charge in [0.05, 0.1) is 18.0 Å². The predicted octanol–water partition coefficient (Wildman–Crippen LogP) is 1.09. The lowest BCUT2D eigenvalue weighted by molar-refractivity contribution is -0.116. The number of carbonyl (C=O) groups excluding carboxylic acids is 1.